The quantitative estimate of drug-likeness (QED) is 0.339. The fourth-order valence-electron chi connectivity index (χ4n) is 4.39. The van der Waals surface area contributed by atoms with Gasteiger partial charge in [0.15, 0.2) is 0 Å². The van der Waals surface area contributed by atoms with Gasteiger partial charge in [-0.1, -0.05) is 24.3 Å². The Balaban J connectivity index is 1.67. The minimum absolute atomic E-state index is 0.0187. The van der Waals surface area contributed by atoms with Crippen LogP contribution in [0, 0.1) is 6.92 Å². The van der Waals surface area contributed by atoms with Crippen molar-refractivity contribution in [2.75, 3.05) is 13.1 Å². The predicted octanol–water partition coefficient (Wildman–Crippen LogP) is 5.96. The third kappa shape index (κ3) is 4.69. The van der Waals surface area contributed by atoms with Gasteiger partial charge in [0.2, 0.25) is 5.91 Å². The van der Waals surface area contributed by atoms with Gasteiger partial charge in [-0.15, -0.1) is 0 Å². The molecule has 1 amide bonds. The summed E-state index contributed by atoms with van der Waals surface area (Å²) in [6.45, 7) is 8.05. The van der Waals surface area contributed by atoms with E-state index in [4.69, 9.17) is 0 Å². The molecule has 0 unspecified atom stereocenters. The molecule has 0 atom stereocenters. The topological polar surface area (TPSA) is 65.7 Å². The number of fused-ring (bicyclic) bond motifs is 1. The van der Waals surface area contributed by atoms with E-state index in [1.807, 2.05) is 50.3 Å². The average molecular weight is 455 g/mol. The molecular weight excluding hydrogens is 424 g/mol. The van der Waals surface area contributed by atoms with Crippen molar-refractivity contribution in [3.05, 3.63) is 89.5 Å². The number of benzene rings is 3. The van der Waals surface area contributed by atoms with E-state index in [9.17, 15) is 15.0 Å². The molecule has 174 valence electrons. The van der Waals surface area contributed by atoms with Crippen molar-refractivity contribution in [2.24, 2.45) is 0 Å². The lowest BCUT2D eigenvalue weighted by Crippen LogP contribution is -2.28. The number of phenols is 2. The molecule has 0 saturated heterocycles. The Morgan fingerprint density at radius 3 is 2.21 bits per heavy atom. The number of aryl methyl sites for hydroxylation is 1. The van der Waals surface area contributed by atoms with Crippen LogP contribution in [0.15, 0.2) is 72.8 Å². The molecule has 0 saturated carbocycles. The molecule has 5 heteroatoms. The molecule has 0 radical (unpaired) electrons. The van der Waals surface area contributed by atoms with Gasteiger partial charge in [0.05, 0.1) is 5.69 Å². The van der Waals surface area contributed by atoms with Crippen molar-refractivity contribution in [3.8, 4) is 22.8 Å². The van der Waals surface area contributed by atoms with Crippen molar-refractivity contribution in [1.29, 1.82) is 0 Å². The number of hydrogen-bond donors (Lipinski definition) is 2. The monoisotopic (exact) mass is 454 g/mol. The van der Waals surface area contributed by atoms with E-state index in [-0.39, 0.29) is 17.4 Å². The molecule has 3 aromatic carbocycles. The van der Waals surface area contributed by atoms with E-state index in [0.29, 0.717) is 19.6 Å². The first-order chi connectivity index (χ1) is 16.4. The molecule has 5 nitrogen and oxygen atoms in total. The highest BCUT2D eigenvalue weighted by Gasteiger charge is 2.17. The molecule has 4 rings (SSSR count). The molecule has 0 aliphatic heterocycles. The van der Waals surface area contributed by atoms with Crippen molar-refractivity contribution in [3.63, 3.8) is 0 Å². The van der Waals surface area contributed by atoms with Gasteiger partial charge < -0.3 is 19.7 Å². The second-order valence-electron chi connectivity index (χ2n) is 8.39. The Morgan fingerprint density at radius 2 is 1.56 bits per heavy atom. The average Bonchev–Trinajstić information content (AvgIpc) is 3.10. The number of carbonyl (C=O) groups is 1. The Morgan fingerprint density at radius 1 is 0.912 bits per heavy atom. The lowest BCUT2D eigenvalue weighted by atomic mass is 10.1. The number of nitrogens with zero attached hydrogens (tertiary/aromatic N) is 2. The third-order valence-corrected chi connectivity index (χ3v) is 6.25. The van der Waals surface area contributed by atoms with Gasteiger partial charge in [0, 0.05) is 36.6 Å². The summed E-state index contributed by atoms with van der Waals surface area (Å²) in [5, 5.41) is 20.8. The van der Waals surface area contributed by atoms with Crippen LogP contribution in [0.5, 0.6) is 11.5 Å². The minimum atomic E-state index is 0.0187. The maximum atomic E-state index is 12.2. The molecule has 4 aromatic rings. The van der Waals surface area contributed by atoms with Gasteiger partial charge in [0.1, 0.15) is 11.5 Å². The van der Waals surface area contributed by atoms with E-state index in [2.05, 4.69) is 23.6 Å². The van der Waals surface area contributed by atoms with E-state index >= 15 is 0 Å². The van der Waals surface area contributed by atoms with Crippen molar-refractivity contribution >= 4 is 22.9 Å². The Kier molecular flexibility index (Phi) is 6.73. The van der Waals surface area contributed by atoms with Crippen LogP contribution in [0.2, 0.25) is 0 Å². The van der Waals surface area contributed by atoms with Gasteiger partial charge in [0.25, 0.3) is 0 Å². The Bertz CT molecular complexity index is 1330. The van der Waals surface area contributed by atoms with E-state index in [0.717, 1.165) is 38.9 Å². The summed E-state index contributed by atoms with van der Waals surface area (Å²) in [4.78, 5) is 14.0. The smallest absolute Gasteiger partial charge is 0.246 e. The largest absolute Gasteiger partial charge is 0.508 e. The lowest BCUT2D eigenvalue weighted by molar-refractivity contribution is -0.125. The van der Waals surface area contributed by atoms with Crippen LogP contribution < -0.4 is 0 Å². The molecule has 0 aliphatic rings. The number of amides is 1. The van der Waals surface area contributed by atoms with Crippen LogP contribution in [0.4, 0.5) is 0 Å². The number of carbonyl (C=O) groups excluding carboxylic acids is 1. The summed E-state index contributed by atoms with van der Waals surface area (Å²) >= 11 is 0. The molecule has 0 aliphatic carbocycles. The van der Waals surface area contributed by atoms with Crippen LogP contribution >= 0.6 is 0 Å². The summed E-state index contributed by atoms with van der Waals surface area (Å²) in [5.41, 5.74) is 6.26. The minimum Gasteiger partial charge on any atom is -0.508 e. The van der Waals surface area contributed by atoms with Crippen LogP contribution in [0.3, 0.4) is 0 Å². The molecule has 0 fully saturated rings. The fourth-order valence-corrected chi connectivity index (χ4v) is 4.39. The van der Waals surface area contributed by atoms with Crippen molar-refractivity contribution in [1.82, 2.24) is 9.47 Å². The normalized spacial score (nSPS) is 11.4. The lowest BCUT2D eigenvalue weighted by Gasteiger charge is -2.15. The van der Waals surface area contributed by atoms with Gasteiger partial charge in [-0.25, -0.2) is 0 Å². The number of aromatic hydroxyl groups is 2. The highest BCUT2D eigenvalue weighted by atomic mass is 16.3. The third-order valence-electron chi connectivity index (χ3n) is 6.25. The number of phenolic OH excluding ortho intramolecular Hbond substituents is 2. The fraction of sp³-hybridized carbons (Fsp3) is 0.207. The van der Waals surface area contributed by atoms with E-state index in [1.54, 1.807) is 35.2 Å². The molecule has 0 spiro atoms. The highest BCUT2D eigenvalue weighted by molar-refractivity contribution is 5.93. The summed E-state index contributed by atoms with van der Waals surface area (Å²) in [6, 6.07) is 20.8. The number of hydrogen-bond acceptors (Lipinski definition) is 3. The molecule has 34 heavy (non-hydrogen) atoms. The van der Waals surface area contributed by atoms with Crippen LogP contribution in [-0.4, -0.2) is 38.7 Å². The first-order valence-electron chi connectivity index (χ1n) is 11.6. The highest BCUT2D eigenvalue weighted by Crippen LogP contribution is 2.36. The second-order valence-corrected chi connectivity index (χ2v) is 8.39. The first kappa shape index (κ1) is 23.2. The standard InChI is InChI=1S/C29H30N2O3/c1-4-30(5-2)28(34)17-10-21-6-8-22(9-7-21)19-31-27-16-15-25(33)18-26(27)20(3)29(31)23-11-13-24(32)14-12-23/h6-18,32-33H,4-5,19H2,1-3H3. The predicted molar refractivity (Wildman–Crippen MR) is 138 cm³/mol. The van der Waals surface area contributed by atoms with Gasteiger partial charge in [-0.05, 0) is 91.6 Å². The van der Waals surface area contributed by atoms with Gasteiger partial charge in [-0.3, -0.25) is 4.79 Å². The van der Waals surface area contributed by atoms with E-state index in [1.165, 1.54) is 0 Å². The Hall–Kier alpha value is -3.99. The maximum Gasteiger partial charge on any atom is 0.246 e. The van der Waals surface area contributed by atoms with Gasteiger partial charge >= 0.3 is 0 Å². The van der Waals surface area contributed by atoms with Crippen molar-refractivity contribution in [2.45, 2.75) is 27.3 Å². The van der Waals surface area contributed by atoms with Gasteiger partial charge in [-0.2, -0.15) is 0 Å². The maximum absolute atomic E-state index is 12.2. The summed E-state index contributed by atoms with van der Waals surface area (Å²) in [6.07, 6.45) is 3.48. The zero-order valence-corrected chi connectivity index (χ0v) is 19.8. The zero-order chi connectivity index (χ0) is 24.2. The van der Waals surface area contributed by atoms with Crippen LogP contribution in [0.25, 0.3) is 28.2 Å². The number of rotatable bonds is 7. The molecule has 1 aromatic heterocycles. The Labute approximate surface area is 200 Å². The molecule has 1 heterocycles. The molecule has 2 N–H and O–H groups in total. The summed E-state index contributed by atoms with van der Waals surface area (Å²) in [5.74, 6) is 0.482. The summed E-state index contributed by atoms with van der Waals surface area (Å²) < 4.78 is 2.24. The second kappa shape index (κ2) is 9.87. The van der Waals surface area contributed by atoms with E-state index < -0.39 is 0 Å². The zero-order valence-electron chi connectivity index (χ0n) is 19.8. The molecular formula is C29H30N2O3. The van der Waals surface area contributed by atoms with Crippen LogP contribution in [0.1, 0.15) is 30.5 Å². The summed E-state index contributed by atoms with van der Waals surface area (Å²) in [7, 11) is 0. The number of likely N-dealkylation sites (N-methyl/N-ethyl adjacent to an activating group) is 1. The number of aromatic nitrogens is 1. The van der Waals surface area contributed by atoms with Crippen molar-refractivity contribution < 1.29 is 15.0 Å². The SMILES string of the molecule is CCN(CC)C(=O)C=Cc1ccc(Cn2c(-c3ccc(O)cc3)c(C)c3cc(O)ccc32)cc1. The van der Waals surface area contributed by atoms with Crippen LogP contribution in [-0.2, 0) is 11.3 Å². The molecule has 0 bridgehead atoms. The first-order valence-corrected chi connectivity index (χ1v) is 11.6.